The second kappa shape index (κ2) is 7.85. The first kappa shape index (κ1) is 19.4. The number of fused-ring (bicyclic) bond motifs is 1. The van der Waals surface area contributed by atoms with Crippen LogP contribution in [0.1, 0.15) is 11.1 Å². The number of anilines is 1. The van der Waals surface area contributed by atoms with E-state index >= 15 is 0 Å². The minimum absolute atomic E-state index is 0.185. The summed E-state index contributed by atoms with van der Waals surface area (Å²) in [6, 6.07) is 11.1. The van der Waals surface area contributed by atoms with Gasteiger partial charge in [-0.15, -0.1) is 0 Å². The minimum Gasteiger partial charge on any atom is -0.437 e. The van der Waals surface area contributed by atoms with Gasteiger partial charge in [0.15, 0.2) is 11.4 Å². The summed E-state index contributed by atoms with van der Waals surface area (Å²) in [7, 11) is 0. The Balaban J connectivity index is 1.69. The number of ether oxygens (including phenoxy) is 2. The van der Waals surface area contributed by atoms with Crippen molar-refractivity contribution < 1.29 is 9.47 Å². The first-order valence-electron chi connectivity index (χ1n) is 8.70. The van der Waals surface area contributed by atoms with Crippen molar-refractivity contribution in [2.24, 2.45) is 0 Å². The Morgan fingerprint density at radius 2 is 1.66 bits per heavy atom. The SMILES string of the molecule is Cc1cc(Oc2ncnc(Oc3ccc(Br)c4cccnc34)c2N)cc(C)c1Cl. The molecule has 146 valence electrons. The number of halogens is 2. The number of benzene rings is 2. The molecular formula is C21H16BrClN4O2. The Kier molecular flexibility index (Phi) is 5.25. The number of nitrogen functional groups attached to an aromatic ring is 1. The Morgan fingerprint density at radius 3 is 2.38 bits per heavy atom. The quantitative estimate of drug-likeness (QED) is 0.380. The van der Waals surface area contributed by atoms with Crippen LogP contribution in [0.2, 0.25) is 5.02 Å². The lowest BCUT2D eigenvalue weighted by Gasteiger charge is -2.13. The number of hydrogen-bond donors (Lipinski definition) is 1. The zero-order valence-electron chi connectivity index (χ0n) is 15.6. The van der Waals surface area contributed by atoms with Gasteiger partial charge >= 0.3 is 0 Å². The van der Waals surface area contributed by atoms with Gasteiger partial charge in [-0.2, -0.15) is 9.97 Å². The van der Waals surface area contributed by atoms with Crippen LogP contribution in [0.4, 0.5) is 5.69 Å². The third kappa shape index (κ3) is 3.83. The molecular weight excluding hydrogens is 456 g/mol. The predicted octanol–water partition coefficient (Wildman–Crippen LogP) is 6.22. The van der Waals surface area contributed by atoms with Crippen LogP contribution in [0, 0.1) is 13.8 Å². The fourth-order valence-corrected chi connectivity index (χ4v) is 3.46. The Bertz CT molecular complexity index is 1210. The topological polar surface area (TPSA) is 83.2 Å². The summed E-state index contributed by atoms with van der Waals surface area (Å²) in [6.45, 7) is 3.82. The van der Waals surface area contributed by atoms with E-state index in [1.807, 2.05) is 44.2 Å². The Hall–Kier alpha value is -2.90. The fourth-order valence-electron chi connectivity index (χ4n) is 2.90. The molecule has 2 aromatic heterocycles. The Labute approximate surface area is 180 Å². The standard InChI is InChI=1S/C21H16BrClN4O2/c1-11-8-13(9-12(2)17(11)23)28-20-18(24)21(27-10-26-20)29-16-6-5-15(22)14-4-3-7-25-19(14)16/h3-10H,24H2,1-2H3. The number of nitrogens with zero attached hydrogens (tertiary/aromatic N) is 3. The highest BCUT2D eigenvalue weighted by atomic mass is 79.9. The maximum atomic E-state index is 6.23. The summed E-state index contributed by atoms with van der Waals surface area (Å²) in [6.07, 6.45) is 3.04. The van der Waals surface area contributed by atoms with Gasteiger partial charge in [0.25, 0.3) is 0 Å². The van der Waals surface area contributed by atoms with Gasteiger partial charge in [-0.05, 0) is 55.3 Å². The van der Waals surface area contributed by atoms with E-state index in [9.17, 15) is 0 Å². The second-order valence-electron chi connectivity index (χ2n) is 6.42. The molecule has 0 aliphatic heterocycles. The molecule has 2 N–H and O–H groups in total. The maximum Gasteiger partial charge on any atom is 0.249 e. The van der Waals surface area contributed by atoms with Crippen LogP contribution in [-0.2, 0) is 0 Å². The molecule has 0 aliphatic carbocycles. The molecule has 0 bridgehead atoms. The van der Waals surface area contributed by atoms with Crippen LogP contribution in [0.3, 0.4) is 0 Å². The van der Waals surface area contributed by atoms with Gasteiger partial charge in [0.2, 0.25) is 11.8 Å². The average molecular weight is 472 g/mol. The van der Waals surface area contributed by atoms with E-state index in [1.54, 1.807) is 12.3 Å². The third-order valence-electron chi connectivity index (χ3n) is 4.32. The molecule has 6 nitrogen and oxygen atoms in total. The van der Waals surface area contributed by atoms with Crippen molar-refractivity contribution in [2.75, 3.05) is 5.73 Å². The van der Waals surface area contributed by atoms with Crippen molar-refractivity contribution in [1.82, 2.24) is 15.0 Å². The zero-order valence-corrected chi connectivity index (χ0v) is 18.0. The van der Waals surface area contributed by atoms with Crippen LogP contribution in [-0.4, -0.2) is 15.0 Å². The summed E-state index contributed by atoms with van der Waals surface area (Å²) in [5, 5.41) is 1.62. The van der Waals surface area contributed by atoms with E-state index in [2.05, 4.69) is 30.9 Å². The predicted molar refractivity (Wildman–Crippen MR) is 117 cm³/mol. The van der Waals surface area contributed by atoms with Gasteiger partial charge in [-0.25, -0.2) is 0 Å². The number of rotatable bonds is 4. The molecule has 0 radical (unpaired) electrons. The van der Waals surface area contributed by atoms with E-state index in [4.69, 9.17) is 26.8 Å². The zero-order chi connectivity index (χ0) is 20.5. The van der Waals surface area contributed by atoms with Crippen molar-refractivity contribution in [3.05, 3.63) is 69.5 Å². The van der Waals surface area contributed by atoms with Gasteiger partial charge < -0.3 is 15.2 Å². The molecule has 2 aromatic carbocycles. The third-order valence-corrected chi connectivity index (χ3v) is 5.61. The molecule has 2 heterocycles. The Morgan fingerprint density at radius 1 is 0.966 bits per heavy atom. The molecule has 4 rings (SSSR count). The van der Waals surface area contributed by atoms with Crippen molar-refractivity contribution >= 4 is 44.1 Å². The molecule has 0 atom stereocenters. The van der Waals surface area contributed by atoms with Crippen LogP contribution in [0.15, 0.2) is 53.4 Å². The molecule has 0 unspecified atom stereocenters. The van der Waals surface area contributed by atoms with Crippen molar-refractivity contribution in [3.8, 4) is 23.3 Å². The largest absolute Gasteiger partial charge is 0.437 e. The highest BCUT2D eigenvalue weighted by Crippen LogP contribution is 2.37. The molecule has 4 aromatic rings. The van der Waals surface area contributed by atoms with Gasteiger partial charge in [0, 0.05) is 21.1 Å². The second-order valence-corrected chi connectivity index (χ2v) is 7.65. The monoisotopic (exact) mass is 470 g/mol. The molecule has 0 spiro atoms. The van der Waals surface area contributed by atoms with Crippen LogP contribution in [0.25, 0.3) is 10.9 Å². The average Bonchev–Trinajstić information content (AvgIpc) is 2.71. The van der Waals surface area contributed by atoms with E-state index in [-0.39, 0.29) is 17.4 Å². The van der Waals surface area contributed by atoms with Gasteiger partial charge in [-0.1, -0.05) is 33.6 Å². The summed E-state index contributed by atoms with van der Waals surface area (Å²) >= 11 is 9.74. The first-order valence-corrected chi connectivity index (χ1v) is 9.87. The summed E-state index contributed by atoms with van der Waals surface area (Å²) in [5.41, 5.74) is 8.90. The lowest BCUT2D eigenvalue weighted by molar-refractivity contribution is 0.440. The first-order chi connectivity index (χ1) is 13.9. The number of aryl methyl sites for hydroxylation is 2. The van der Waals surface area contributed by atoms with Crippen molar-refractivity contribution in [3.63, 3.8) is 0 Å². The smallest absolute Gasteiger partial charge is 0.249 e. The number of nitrogens with two attached hydrogens (primary N) is 1. The number of pyridine rings is 1. The van der Waals surface area contributed by atoms with Gasteiger partial charge in [-0.3, -0.25) is 4.98 Å². The molecule has 0 aliphatic rings. The van der Waals surface area contributed by atoms with Crippen LogP contribution < -0.4 is 15.2 Å². The molecule has 0 saturated heterocycles. The maximum absolute atomic E-state index is 6.23. The van der Waals surface area contributed by atoms with Crippen LogP contribution >= 0.6 is 27.5 Å². The van der Waals surface area contributed by atoms with E-state index in [0.29, 0.717) is 22.0 Å². The molecule has 29 heavy (non-hydrogen) atoms. The van der Waals surface area contributed by atoms with Gasteiger partial charge in [0.1, 0.15) is 17.6 Å². The van der Waals surface area contributed by atoms with Crippen LogP contribution in [0.5, 0.6) is 23.3 Å². The minimum atomic E-state index is 0.185. The lowest BCUT2D eigenvalue weighted by Crippen LogP contribution is -2.01. The van der Waals surface area contributed by atoms with Crippen molar-refractivity contribution in [2.45, 2.75) is 13.8 Å². The molecule has 8 heteroatoms. The summed E-state index contributed by atoms with van der Waals surface area (Å²) < 4.78 is 12.8. The molecule has 0 amide bonds. The number of aromatic nitrogens is 3. The van der Waals surface area contributed by atoms with Gasteiger partial charge in [0.05, 0.1) is 0 Å². The fraction of sp³-hybridized carbons (Fsp3) is 0.0952. The van der Waals surface area contributed by atoms with Crippen molar-refractivity contribution in [1.29, 1.82) is 0 Å². The summed E-state index contributed by atoms with van der Waals surface area (Å²) in [4.78, 5) is 12.7. The lowest BCUT2D eigenvalue weighted by atomic mass is 10.1. The number of hydrogen-bond acceptors (Lipinski definition) is 6. The highest BCUT2D eigenvalue weighted by Gasteiger charge is 2.15. The van der Waals surface area contributed by atoms with E-state index in [1.165, 1.54) is 6.33 Å². The van der Waals surface area contributed by atoms with E-state index in [0.717, 1.165) is 21.0 Å². The highest BCUT2D eigenvalue weighted by molar-refractivity contribution is 9.10. The molecule has 0 saturated carbocycles. The molecule has 0 fully saturated rings. The van der Waals surface area contributed by atoms with E-state index < -0.39 is 0 Å². The summed E-state index contributed by atoms with van der Waals surface area (Å²) in [5.74, 6) is 1.49. The normalized spacial score (nSPS) is 10.9.